The van der Waals surface area contributed by atoms with Crippen LogP contribution in [0.3, 0.4) is 0 Å². The molecule has 2 rings (SSSR count). The molecule has 0 heterocycles. The molecule has 0 saturated carbocycles. The smallest absolute Gasteiger partial charge is 0.271 e. The minimum Gasteiger partial charge on any atom is -0.362 e. The molecular formula is C15H14ClN3O2S. The van der Waals surface area contributed by atoms with Crippen molar-refractivity contribution in [3.63, 3.8) is 0 Å². The highest BCUT2D eigenvalue weighted by atomic mass is 35.5. The SMILES string of the molecule is O=[N+]([O-])c1cccc(NC(=S)NCCc2cccc(Cl)c2)c1. The van der Waals surface area contributed by atoms with Gasteiger partial charge in [-0.1, -0.05) is 29.8 Å². The lowest BCUT2D eigenvalue weighted by Gasteiger charge is -2.10. The summed E-state index contributed by atoms with van der Waals surface area (Å²) < 4.78 is 0. The first-order valence-corrected chi connectivity index (χ1v) is 7.37. The van der Waals surface area contributed by atoms with E-state index >= 15 is 0 Å². The van der Waals surface area contributed by atoms with Gasteiger partial charge in [0.1, 0.15) is 0 Å². The molecule has 0 fully saturated rings. The van der Waals surface area contributed by atoms with Gasteiger partial charge in [-0.2, -0.15) is 0 Å². The number of nitro benzene ring substituents is 1. The van der Waals surface area contributed by atoms with Crippen molar-refractivity contribution in [1.82, 2.24) is 5.32 Å². The van der Waals surface area contributed by atoms with Crippen molar-refractivity contribution < 1.29 is 4.92 Å². The number of hydrogen-bond donors (Lipinski definition) is 2. The first-order valence-electron chi connectivity index (χ1n) is 6.58. The van der Waals surface area contributed by atoms with Crippen LogP contribution in [0, 0.1) is 10.1 Å². The second-order valence-electron chi connectivity index (χ2n) is 4.57. The first-order chi connectivity index (χ1) is 10.5. The summed E-state index contributed by atoms with van der Waals surface area (Å²) in [5.74, 6) is 0. The number of rotatable bonds is 5. The molecule has 22 heavy (non-hydrogen) atoms. The normalized spacial score (nSPS) is 10.0. The van der Waals surface area contributed by atoms with E-state index in [1.54, 1.807) is 12.1 Å². The van der Waals surface area contributed by atoms with E-state index in [2.05, 4.69) is 10.6 Å². The number of anilines is 1. The van der Waals surface area contributed by atoms with Crippen molar-refractivity contribution in [2.75, 3.05) is 11.9 Å². The van der Waals surface area contributed by atoms with Crippen LogP contribution in [0.15, 0.2) is 48.5 Å². The van der Waals surface area contributed by atoms with E-state index in [0.29, 0.717) is 22.4 Å². The Hall–Kier alpha value is -2.18. The van der Waals surface area contributed by atoms with Crippen LogP contribution >= 0.6 is 23.8 Å². The molecule has 2 aromatic rings. The maximum Gasteiger partial charge on any atom is 0.271 e. The molecule has 2 aromatic carbocycles. The maximum atomic E-state index is 10.7. The number of nitrogens with zero attached hydrogens (tertiary/aromatic N) is 1. The van der Waals surface area contributed by atoms with Crippen LogP contribution in [0.1, 0.15) is 5.56 Å². The lowest BCUT2D eigenvalue weighted by Crippen LogP contribution is -2.30. The highest BCUT2D eigenvalue weighted by molar-refractivity contribution is 7.80. The third-order valence-corrected chi connectivity index (χ3v) is 3.38. The number of halogens is 1. The number of hydrogen-bond acceptors (Lipinski definition) is 3. The van der Waals surface area contributed by atoms with E-state index in [9.17, 15) is 10.1 Å². The fourth-order valence-corrected chi connectivity index (χ4v) is 2.32. The van der Waals surface area contributed by atoms with Gasteiger partial charge in [-0.25, -0.2) is 0 Å². The Kier molecular flexibility index (Phi) is 5.68. The summed E-state index contributed by atoms with van der Waals surface area (Å²) in [5.41, 5.74) is 1.71. The highest BCUT2D eigenvalue weighted by Gasteiger charge is 2.06. The van der Waals surface area contributed by atoms with Gasteiger partial charge in [0.2, 0.25) is 0 Å². The van der Waals surface area contributed by atoms with Crippen LogP contribution < -0.4 is 10.6 Å². The molecule has 0 amide bonds. The average Bonchev–Trinajstić information content (AvgIpc) is 2.47. The third-order valence-electron chi connectivity index (χ3n) is 2.90. The minimum absolute atomic E-state index is 0.0201. The number of benzene rings is 2. The van der Waals surface area contributed by atoms with Crippen molar-refractivity contribution in [3.05, 3.63) is 69.2 Å². The Morgan fingerprint density at radius 2 is 2.00 bits per heavy atom. The summed E-state index contributed by atoms with van der Waals surface area (Å²) in [6.45, 7) is 0.640. The number of nitrogens with one attached hydrogen (secondary N) is 2. The van der Waals surface area contributed by atoms with Gasteiger partial charge >= 0.3 is 0 Å². The highest BCUT2D eigenvalue weighted by Crippen LogP contribution is 2.16. The summed E-state index contributed by atoms with van der Waals surface area (Å²) in [6.07, 6.45) is 0.775. The van der Waals surface area contributed by atoms with Crippen LogP contribution in [0.5, 0.6) is 0 Å². The zero-order valence-electron chi connectivity index (χ0n) is 11.6. The Morgan fingerprint density at radius 3 is 2.73 bits per heavy atom. The van der Waals surface area contributed by atoms with E-state index in [1.807, 2.05) is 24.3 Å². The van der Waals surface area contributed by atoms with Crippen LogP contribution in [-0.2, 0) is 6.42 Å². The van der Waals surface area contributed by atoms with Crippen molar-refractivity contribution in [2.45, 2.75) is 6.42 Å². The molecule has 0 radical (unpaired) electrons. The average molecular weight is 336 g/mol. The zero-order valence-corrected chi connectivity index (χ0v) is 13.2. The van der Waals surface area contributed by atoms with Gasteiger partial charge in [0, 0.05) is 29.4 Å². The number of non-ortho nitro benzene ring substituents is 1. The topological polar surface area (TPSA) is 67.2 Å². The minimum atomic E-state index is -0.444. The Labute approximate surface area is 138 Å². The molecule has 5 nitrogen and oxygen atoms in total. The third kappa shape index (κ3) is 4.98. The summed E-state index contributed by atoms with van der Waals surface area (Å²) in [7, 11) is 0. The van der Waals surface area contributed by atoms with Gasteiger partial charge in [-0.05, 0) is 42.4 Å². The van der Waals surface area contributed by atoms with Crippen LogP contribution in [0.4, 0.5) is 11.4 Å². The van der Waals surface area contributed by atoms with Crippen LogP contribution in [-0.4, -0.2) is 16.6 Å². The van der Waals surface area contributed by atoms with E-state index < -0.39 is 4.92 Å². The molecule has 0 unspecified atom stereocenters. The molecule has 0 atom stereocenters. The molecule has 114 valence electrons. The van der Waals surface area contributed by atoms with Crippen LogP contribution in [0.25, 0.3) is 0 Å². The van der Waals surface area contributed by atoms with E-state index in [1.165, 1.54) is 12.1 Å². The summed E-state index contributed by atoms with van der Waals surface area (Å²) in [6, 6.07) is 13.8. The molecule has 0 aromatic heterocycles. The zero-order chi connectivity index (χ0) is 15.9. The summed E-state index contributed by atoms with van der Waals surface area (Å²) in [5, 5.41) is 17.8. The van der Waals surface area contributed by atoms with Gasteiger partial charge < -0.3 is 10.6 Å². The molecule has 0 bridgehead atoms. The monoisotopic (exact) mass is 335 g/mol. The molecular weight excluding hydrogens is 322 g/mol. The Morgan fingerprint density at radius 1 is 1.23 bits per heavy atom. The number of thiocarbonyl (C=S) groups is 1. The molecule has 0 aliphatic rings. The van der Waals surface area contributed by atoms with Crippen molar-refractivity contribution >= 4 is 40.3 Å². The van der Waals surface area contributed by atoms with Gasteiger partial charge in [0.05, 0.1) is 4.92 Å². The van der Waals surface area contributed by atoms with Crippen molar-refractivity contribution in [1.29, 1.82) is 0 Å². The fraction of sp³-hybridized carbons (Fsp3) is 0.133. The largest absolute Gasteiger partial charge is 0.362 e. The van der Waals surface area contributed by atoms with Gasteiger partial charge in [-0.3, -0.25) is 10.1 Å². The molecule has 0 aliphatic heterocycles. The second-order valence-corrected chi connectivity index (χ2v) is 5.41. The predicted molar refractivity (Wildman–Crippen MR) is 92.5 cm³/mol. The fourth-order valence-electron chi connectivity index (χ4n) is 1.89. The Balaban J connectivity index is 1.83. The summed E-state index contributed by atoms with van der Waals surface area (Å²) in [4.78, 5) is 10.3. The predicted octanol–water partition coefficient (Wildman–Crippen LogP) is 3.78. The standard InChI is InChI=1S/C15H14ClN3O2S/c16-12-4-1-3-11(9-12)7-8-17-15(22)18-13-5-2-6-14(10-13)19(20)21/h1-6,9-10H,7-8H2,(H2,17,18,22). The second kappa shape index (κ2) is 7.72. The first kappa shape index (κ1) is 16.2. The quantitative estimate of drug-likeness (QED) is 0.494. The van der Waals surface area contributed by atoms with Gasteiger partial charge in [-0.15, -0.1) is 0 Å². The van der Waals surface area contributed by atoms with E-state index in [0.717, 1.165) is 12.0 Å². The maximum absolute atomic E-state index is 10.7. The van der Waals surface area contributed by atoms with Crippen molar-refractivity contribution in [3.8, 4) is 0 Å². The van der Waals surface area contributed by atoms with Gasteiger partial charge in [0.15, 0.2) is 5.11 Å². The Bertz CT molecular complexity index is 694. The molecule has 0 spiro atoms. The summed E-state index contributed by atoms with van der Waals surface area (Å²) >= 11 is 11.1. The molecule has 0 saturated heterocycles. The van der Waals surface area contributed by atoms with E-state index in [-0.39, 0.29) is 5.69 Å². The molecule has 0 aliphatic carbocycles. The van der Waals surface area contributed by atoms with E-state index in [4.69, 9.17) is 23.8 Å². The lowest BCUT2D eigenvalue weighted by atomic mass is 10.1. The van der Waals surface area contributed by atoms with Crippen LogP contribution in [0.2, 0.25) is 5.02 Å². The molecule has 7 heteroatoms. The van der Waals surface area contributed by atoms with Crippen molar-refractivity contribution in [2.24, 2.45) is 0 Å². The molecule has 2 N–H and O–H groups in total. The lowest BCUT2D eigenvalue weighted by molar-refractivity contribution is -0.384. The van der Waals surface area contributed by atoms with Gasteiger partial charge in [0.25, 0.3) is 5.69 Å². The number of nitro groups is 1.